The summed E-state index contributed by atoms with van der Waals surface area (Å²) < 4.78 is 0. The van der Waals surface area contributed by atoms with Crippen molar-refractivity contribution in [3.63, 3.8) is 0 Å². The number of aryl methyl sites for hydroxylation is 1. The van der Waals surface area contributed by atoms with Crippen LogP contribution < -0.4 is 16.2 Å². The molecule has 3 N–H and O–H groups in total. The van der Waals surface area contributed by atoms with Crippen LogP contribution in [0, 0.1) is 6.92 Å². The van der Waals surface area contributed by atoms with Crippen molar-refractivity contribution < 1.29 is 0 Å². The first kappa shape index (κ1) is 9.21. The molecular formula is C9H14N4O. The van der Waals surface area contributed by atoms with E-state index in [1.807, 2.05) is 11.8 Å². The van der Waals surface area contributed by atoms with Crippen LogP contribution in [0.2, 0.25) is 0 Å². The van der Waals surface area contributed by atoms with Crippen molar-refractivity contribution in [1.29, 1.82) is 0 Å². The summed E-state index contributed by atoms with van der Waals surface area (Å²) in [5.74, 6) is 1.35. The fraction of sp³-hybridized carbons (Fsp3) is 0.556. The molecule has 5 nitrogen and oxygen atoms in total. The van der Waals surface area contributed by atoms with Crippen molar-refractivity contribution in [3.8, 4) is 0 Å². The molecule has 0 spiro atoms. The number of nitrogens with two attached hydrogens (primary N) is 1. The third-order valence-electron chi connectivity index (χ3n) is 2.27. The van der Waals surface area contributed by atoms with Gasteiger partial charge in [0.25, 0.3) is 5.56 Å². The molecule has 0 unspecified atom stereocenters. The van der Waals surface area contributed by atoms with Crippen LogP contribution in [0.15, 0.2) is 10.9 Å². The van der Waals surface area contributed by atoms with Gasteiger partial charge in [-0.1, -0.05) is 0 Å². The van der Waals surface area contributed by atoms with E-state index in [0.29, 0.717) is 11.6 Å². The Labute approximate surface area is 82.0 Å². The van der Waals surface area contributed by atoms with E-state index in [1.165, 1.54) is 6.07 Å². The number of nitrogens with zero attached hydrogens (tertiary/aromatic N) is 2. The molecule has 0 atom stereocenters. The third kappa shape index (κ3) is 1.63. The summed E-state index contributed by atoms with van der Waals surface area (Å²) in [6.45, 7) is 5.27. The minimum absolute atomic E-state index is 0.113. The fourth-order valence-electron chi connectivity index (χ4n) is 1.71. The molecule has 1 aliphatic rings. The Kier molecular flexibility index (Phi) is 1.85. The number of aromatic nitrogens is 2. The third-order valence-corrected chi connectivity index (χ3v) is 2.27. The quantitative estimate of drug-likeness (QED) is 0.638. The minimum Gasteiger partial charge on any atom is -0.353 e. The maximum absolute atomic E-state index is 11.2. The zero-order valence-electron chi connectivity index (χ0n) is 8.37. The van der Waals surface area contributed by atoms with Crippen LogP contribution in [0.4, 0.5) is 5.82 Å². The Morgan fingerprint density at radius 3 is 2.79 bits per heavy atom. The lowest BCUT2D eigenvalue weighted by Gasteiger charge is -2.46. The van der Waals surface area contributed by atoms with E-state index in [-0.39, 0.29) is 11.1 Å². The molecule has 0 saturated carbocycles. The average molecular weight is 194 g/mol. The lowest BCUT2D eigenvalue weighted by molar-refractivity contribution is 0.362. The SMILES string of the molecule is Cc1nc(N2CC(C)(N)C2)cc(=O)[nH]1. The first-order valence-electron chi connectivity index (χ1n) is 4.58. The van der Waals surface area contributed by atoms with E-state index in [1.54, 1.807) is 6.92 Å². The predicted molar refractivity (Wildman–Crippen MR) is 54.4 cm³/mol. The molecule has 0 aromatic carbocycles. The van der Waals surface area contributed by atoms with Crippen molar-refractivity contribution in [2.24, 2.45) is 5.73 Å². The van der Waals surface area contributed by atoms with Gasteiger partial charge in [0, 0.05) is 24.7 Å². The summed E-state index contributed by atoms with van der Waals surface area (Å²) in [6, 6.07) is 1.50. The standard InChI is InChI=1S/C9H14N4O/c1-6-11-7(3-8(14)12-6)13-4-9(2,10)5-13/h3H,4-5,10H2,1-2H3,(H,11,12,14). The molecule has 0 aliphatic carbocycles. The maximum Gasteiger partial charge on any atom is 0.252 e. The van der Waals surface area contributed by atoms with Gasteiger partial charge in [-0.25, -0.2) is 4.98 Å². The van der Waals surface area contributed by atoms with Gasteiger partial charge in [-0.2, -0.15) is 0 Å². The van der Waals surface area contributed by atoms with Gasteiger partial charge in [0.05, 0.1) is 0 Å². The largest absolute Gasteiger partial charge is 0.353 e. The zero-order valence-corrected chi connectivity index (χ0v) is 8.37. The molecule has 1 fully saturated rings. The molecule has 0 bridgehead atoms. The summed E-state index contributed by atoms with van der Waals surface area (Å²) >= 11 is 0. The molecule has 1 aromatic heterocycles. The number of anilines is 1. The Morgan fingerprint density at radius 2 is 2.29 bits per heavy atom. The Hall–Kier alpha value is -1.36. The van der Waals surface area contributed by atoms with Crippen LogP contribution in [-0.2, 0) is 0 Å². The number of hydrogen-bond donors (Lipinski definition) is 2. The second kappa shape index (κ2) is 2.81. The highest BCUT2D eigenvalue weighted by molar-refractivity contribution is 5.43. The van der Waals surface area contributed by atoms with E-state index >= 15 is 0 Å². The average Bonchev–Trinajstić information content (AvgIpc) is 1.97. The van der Waals surface area contributed by atoms with Crippen molar-refractivity contribution in [1.82, 2.24) is 9.97 Å². The Morgan fingerprint density at radius 1 is 1.64 bits per heavy atom. The van der Waals surface area contributed by atoms with E-state index in [2.05, 4.69) is 9.97 Å². The first-order chi connectivity index (χ1) is 6.46. The van der Waals surface area contributed by atoms with Crippen LogP contribution in [-0.4, -0.2) is 28.6 Å². The predicted octanol–water partition coefficient (Wildman–Crippen LogP) is -0.384. The van der Waals surface area contributed by atoms with Gasteiger partial charge in [-0.15, -0.1) is 0 Å². The molecule has 0 radical (unpaired) electrons. The summed E-state index contributed by atoms with van der Waals surface area (Å²) in [5, 5.41) is 0. The summed E-state index contributed by atoms with van der Waals surface area (Å²) in [4.78, 5) is 20.0. The van der Waals surface area contributed by atoms with Crippen molar-refractivity contribution in [2.75, 3.05) is 18.0 Å². The lowest BCUT2D eigenvalue weighted by Crippen LogP contribution is -2.66. The Bertz CT molecular complexity index is 402. The number of nitrogens with one attached hydrogen (secondary N) is 1. The number of rotatable bonds is 1. The Balaban J connectivity index is 2.23. The van der Waals surface area contributed by atoms with Gasteiger partial charge in [-0.05, 0) is 13.8 Å². The topological polar surface area (TPSA) is 75.0 Å². The van der Waals surface area contributed by atoms with Gasteiger partial charge in [-0.3, -0.25) is 4.79 Å². The normalized spacial score (nSPS) is 19.2. The van der Waals surface area contributed by atoms with E-state index in [4.69, 9.17) is 5.73 Å². The van der Waals surface area contributed by atoms with E-state index < -0.39 is 0 Å². The van der Waals surface area contributed by atoms with Crippen molar-refractivity contribution in [3.05, 3.63) is 22.2 Å². The van der Waals surface area contributed by atoms with Gasteiger partial charge in [0.15, 0.2) is 0 Å². The zero-order chi connectivity index (χ0) is 10.3. The number of hydrogen-bond acceptors (Lipinski definition) is 4. The van der Waals surface area contributed by atoms with Crippen LogP contribution in [0.1, 0.15) is 12.7 Å². The van der Waals surface area contributed by atoms with Gasteiger partial charge in [0.1, 0.15) is 11.6 Å². The van der Waals surface area contributed by atoms with Crippen molar-refractivity contribution >= 4 is 5.82 Å². The fourth-order valence-corrected chi connectivity index (χ4v) is 1.71. The second-order valence-electron chi connectivity index (χ2n) is 4.20. The summed E-state index contributed by atoms with van der Waals surface area (Å²) in [7, 11) is 0. The smallest absolute Gasteiger partial charge is 0.252 e. The van der Waals surface area contributed by atoms with Crippen LogP contribution in [0.5, 0.6) is 0 Å². The van der Waals surface area contributed by atoms with Crippen LogP contribution in [0.3, 0.4) is 0 Å². The molecule has 1 aliphatic heterocycles. The summed E-state index contributed by atoms with van der Waals surface area (Å²) in [6.07, 6.45) is 0. The molecule has 14 heavy (non-hydrogen) atoms. The number of aromatic amines is 1. The maximum atomic E-state index is 11.2. The van der Waals surface area contributed by atoms with E-state index in [0.717, 1.165) is 13.1 Å². The van der Waals surface area contributed by atoms with Crippen LogP contribution in [0.25, 0.3) is 0 Å². The molecule has 5 heteroatoms. The van der Waals surface area contributed by atoms with E-state index in [9.17, 15) is 4.79 Å². The first-order valence-corrected chi connectivity index (χ1v) is 4.58. The van der Waals surface area contributed by atoms with Crippen LogP contribution >= 0.6 is 0 Å². The van der Waals surface area contributed by atoms with Gasteiger partial charge < -0.3 is 15.6 Å². The van der Waals surface area contributed by atoms with Crippen molar-refractivity contribution in [2.45, 2.75) is 19.4 Å². The molecule has 2 heterocycles. The molecule has 1 aromatic rings. The second-order valence-corrected chi connectivity index (χ2v) is 4.20. The number of H-pyrrole nitrogens is 1. The molecule has 2 rings (SSSR count). The molecule has 76 valence electrons. The highest BCUT2D eigenvalue weighted by Gasteiger charge is 2.35. The molecular weight excluding hydrogens is 180 g/mol. The van der Waals surface area contributed by atoms with Gasteiger partial charge >= 0.3 is 0 Å². The lowest BCUT2D eigenvalue weighted by atomic mass is 9.94. The summed E-state index contributed by atoms with van der Waals surface area (Å²) in [5.41, 5.74) is 5.62. The molecule has 0 amide bonds. The van der Waals surface area contributed by atoms with Gasteiger partial charge in [0.2, 0.25) is 0 Å². The minimum atomic E-state index is -0.141. The monoisotopic (exact) mass is 194 g/mol. The highest BCUT2D eigenvalue weighted by atomic mass is 16.1. The highest BCUT2D eigenvalue weighted by Crippen LogP contribution is 2.22. The molecule has 1 saturated heterocycles.